The van der Waals surface area contributed by atoms with E-state index in [-0.39, 0.29) is 1.43 Å². The first-order valence-corrected chi connectivity index (χ1v) is 4.58. The maximum absolute atomic E-state index is 5.28. The second-order valence-electron chi connectivity index (χ2n) is 2.86. The summed E-state index contributed by atoms with van der Waals surface area (Å²) in [5.41, 5.74) is 2.57. The number of terminal acetylenes is 1. The Morgan fingerprint density at radius 1 is 1.67 bits per heavy atom. The van der Waals surface area contributed by atoms with Gasteiger partial charge in [0.1, 0.15) is 0 Å². The molecule has 1 nitrogen and oxygen atoms in total. The Kier molecular flexibility index (Phi) is 4.12. The fourth-order valence-electron chi connectivity index (χ4n) is 1.17. The Hall–Kier alpha value is -2.07. The Labute approximate surface area is 92.4 Å². The minimum absolute atomic E-state index is 0. The smallest absolute Gasteiger partial charge is 0.0519 e. The molecule has 0 amide bonds. The molecule has 1 heterocycles. The van der Waals surface area contributed by atoms with Gasteiger partial charge in [-0.05, 0) is 17.7 Å². The molecule has 1 aliphatic rings. The third-order valence-corrected chi connectivity index (χ3v) is 1.92. The SMILES string of the molecule is C#CC1=[C]CC(/C(C=C)=C/C=C)=NC=C1.[H]. The van der Waals surface area contributed by atoms with Gasteiger partial charge in [-0.25, -0.2) is 0 Å². The highest BCUT2D eigenvalue weighted by atomic mass is 14.7. The van der Waals surface area contributed by atoms with Crippen molar-refractivity contribution in [3.05, 3.63) is 60.9 Å². The summed E-state index contributed by atoms with van der Waals surface area (Å²) >= 11 is 0. The topological polar surface area (TPSA) is 12.4 Å². The van der Waals surface area contributed by atoms with Crippen LogP contribution < -0.4 is 0 Å². The molecule has 0 N–H and O–H groups in total. The Morgan fingerprint density at radius 2 is 2.47 bits per heavy atom. The molecule has 1 rings (SSSR count). The van der Waals surface area contributed by atoms with Crippen LogP contribution >= 0.6 is 0 Å². The van der Waals surface area contributed by atoms with Gasteiger partial charge >= 0.3 is 0 Å². The number of aliphatic imine (C=N–C) groups is 1. The van der Waals surface area contributed by atoms with Gasteiger partial charge in [-0.15, -0.1) is 6.42 Å². The number of hydrogen-bond donors (Lipinski definition) is 0. The van der Waals surface area contributed by atoms with Crippen molar-refractivity contribution in [3.8, 4) is 12.3 Å². The Balaban J connectivity index is 0.00000225. The lowest BCUT2D eigenvalue weighted by Gasteiger charge is -2.01. The maximum Gasteiger partial charge on any atom is 0.0519 e. The molecule has 1 heteroatoms. The zero-order valence-electron chi connectivity index (χ0n) is 9.53. The molecule has 0 aromatic carbocycles. The highest BCUT2D eigenvalue weighted by molar-refractivity contribution is 6.03. The average molecular weight is 195 g/mol. The van der Waals surface area contributed by atoms with E-state index < -0.39 is 0 Å². The molecule has 0 unspecified atom stereocenters. The van der Waals surface area contributed by atoms with Crippen LogP contribution in [-0.4, -0.2) is 5.71 Å². The summed E-state index contributed by atoms with van der Waals surface area (Å²) in [6, 6.07) is 0. The Morgan fingerprint density at radius 3 is 3.07 bits per heavy atom. The van der Waals surface area contributed by atoms with Crippen molar-refractivity contribution in [1.29, 1.82) is 0 Å². The predicted octanol–water partition coefficient (Wildman–Crippen LogP) is 3.12. The lowest BCUT2D eigenvalue weighted by Crippen LogP contribution is -1.98. The van der Waals surface area contributed by atoms with Crippen LogP contribution in [0.25, 0.3) is 0 Å². The van der Waals surface area contributed by atoms with E-state index in [1.807, 2.05) is 6.08 Å². The third-order valence-electron chi connectivity index (χ3n) is 1.92. The standard InChI is InChI=1S/C14H12N.H/c1-4-7-13(6-3)14-9-8-12(5-2)10-11-15-14;/h2,4,6-7,10-11H,1,3,9H2;/b13-7+;. The van der Waals surface area contributed by atoms with Gasteiger partial charge < -0.3 is 0 Å². The zero-order chi connectivity index (χ0) is 11.1. The Bertz CT molecular complexity index is 428. The van der Waals surface area contributed by atoms with Gasteiger partial charge in [-0.1, -0.05) is 37.3 Å². The molecular formula is C14H13N. The lowest BCUT2D eigenvalue weighted by atomic mass is 10.1. The second kappa shape index (κ2) is 5.62. The number of nitrogens with zero attached hydrogens (tertiary/aromatic N) is 1. The second-order valence-corrected chi connectivity index (χ2v) is 2.86. The van der Waals surface area contributed by atoms with Crippen molar-refractivity contribution in [2.75, 3.05) is 0 Å². The fourth-order valence-corrected chi connectivity index (χ4v) is 1.17. The normalized spacial score (nSPS) is 15.8. The quantitative estimate of drug-likeness (QED) is 0.484. The highest BCUT2D eigenvalue weighted by Gasteiger charge is 2.03. The van der Waals surface area contributed by atoms with Crippen LogP contribution in [0.1, 0.15) is 7.85 Å². The fraction of sp³-hybridized carbons (Fsp3) is 0.0714. The minimum Gasteiger partial charge on any atom is -0.260 e. The van der Waals surface area contributed by atoms with Crippen molar-refractivity contribution < 1.29 is 1.43 Å². The van der Waals surface area contributed by atoms with E-state index in [4.69, 9.17) is 6.42 Å². The van der Waals surface area contributed by atoms with E-state index >= 15 is 0 Å². The van der Waals surface area contributed by atoms with E-state index in [1.165, 1.54) is 0 Å². The zero-order valence-corrected chi connectivity index (χ0v) is 8.53. The monoisotopic (exact) mass is 195 g/mol. The third kappa shape index (κ3) is 2.96. The van der Waals surface area contributed by atoms with Crippen LogP contribution in [0.4, 0.5) is 0 Å². The summed E-state index contributed by atoms with van der Waals surface area (Å²) in [6.45, 7) is 7.37. The van der Waals surface area contributed by atoms with Gasteiger partial charge in [0.25, 0.3) is 0 Å². The summed E-state index contributed by atoms with van der Waals surface area (Å²) in [4.78, 5) is 4.28. The van der Waals surface area contributed by atoms with Crippen LogP contribution in [0.2, 0.25) is 0 Å². The van der Waals surface area contributed by atoms with Crippen LogP contribution in [0.5, 0.6) is 0 Å². The van der Waals surface area contributed by atoms with Crippen molar-refractivity contribution in [1.82, 2.24) is 0 Å². The summed E-state index contributed by atoms with van der Waals surface area (Å²) in [5, 5.41) is 0. The van der Waals surface area contributed by atoms with Crippen molar-refractivity contribution >= 4 is 5.71 Å². The average Bonchev–Trinajstić information content (AvgIpc) is 2.51. The molecule has 2 radical (unpaired) electrons. The molecule has 0 saturated carbocycles. The van der Waals surface area contributed by atoms with Crippen LogP contribution in [0.3, 0.4) is 0 Å². The summed E-state index contributed by atoms with van der Waals surface area (Å²) in [7, 11) is 0. The maximum atomic E-state index is 5.28. The molecule has 0 aromatic heterocycles. The van der Waals surface area contributed by atoms with E-state index in [0.29, 0.717) is 6.42 Å². The summed E-state index contributed by atoms with van der Waals surface area (Å²) in [5.74, 6) is 2.53. The van der Waals surface area contributed by atoms with Crippen molar-refractivity contribution in [2.24, 2.45) is 4.99 Å². The lowest BCUT2D eigenvalue weighted by molar-refractivity contribution is 1.37. The van der Waals surface area contributed by atoms with E-state index in [1.54, 1.807) is 24.4 Å². The summed E-state index contributed by atoms with van der Waals surface area (Å²) in [6.07, 6.45) is 17.7. The van der Waals surface area contributed by atoms with Crippen LogP contribution in [-0.2, 0) is 0 Å². The van der Waals surface area contributed by atoms with Crippen molar-refractivity contribution in [2.45, 2.75) is 6.42 Å². The molecule has 0 saturated heterocycles. The molecule has 0 atom stereocenters. The molecule has 0 bridgehead atoms. The highest BCUT2D eigenvalue weighted by Crippen LogP contribution is 2.10. The van der Waals surface area contributed by atoms with Crippen molar-refractivity contribution in [3.63, 3.8) is 0 Å². The molecule has 15 heavy (non-hydrogen) atoms. The molecule has 1 aliphatic heterocycles. The first-order chi connectivity index (χ1) is 7.31. The molecular weight excluding hydrogens is 182 g/mol. The summed E-state index contributed by atoms with van der Waals surface area (Å²) < 4.78 is 0. The van der Waals surface area contributed by atoms with Gasteiger partial charge in [0.2, 0.25) is 0 Å². The number of allylic oxidation sites excluding steroid dienone is 7. The number of rotatable bonds is 3. The van der Waals surface area contributed by atoms with E-state index in [0.717, 1.165) is 16.9 Å². The van der Waals surface area contributed by atoms with Crippen LogP contribution in [0, 0.1) is 18.4 Å². The largest absolute Gasteiger partial charge is 0.260 e. The van der Waals surface area contributed by atoms with Gasteiger partial charge in [0, 0.05) is 19.6 Å². The van der Waals surface area contributed by atoms with E-state index in [9.17, 15) is 0 Å². The van der Waals surface area contributed by atoms with Gasteiger partial charge in [-0.3, -0.25) is 4.99 Å². The van der Waals surface area contributed by atoms with Crippen LogP contribution in [0.15, 0.2) is 59.8 Å². The number of hydrogen-bond acceptors (Lipinski definition) is 1. The molecule has 0 aromatic rings. The van der Waals surface area contributed by atoms with Gasteiger partial charge in [0.15, 0.2) is 0 Å². The van der Waals surface area contributed by atoms with Gasteiger partial charge in [-0.2, -0.15) is 0 Å². The molecule has 0 aliphatic carbocycles. The molecule has 0 spiro atoms. The minimum atomic E-state index is 0. The van der Waals surface area contributed by atoms with Gasteiger partial charge in [0.05, 0.1) is 5.71 Å². The predicted molar refractivity (Wildman–Crippen MR) is 66.4 cm³/mol. The molecule has 0 fully saturated rings. The molecule has 74 valence electrons. The first-order valence-electron chi connectivity index (χ1n) is 4.58. The first kappa shape index (κ1) is 11.0. The van der Waals surface area contributed by atoms with E-state index in [2.05, 4.69) is 30.1 Å².